The molecule has 14 heavy (non-hydrogen) atoms. The molecule has 0 unspecified atom stereocenters. The van der Waals surface area contributed by atoms with Crippen molar-refractivity contribution in [2.24, 2.45) is 5.73 Å². The fourth-order valence-electron chi connectivity index (χ4n) is 2.13. The molecule has 0 atom stereocenters. The van der Waals surface area contributed by atoms with Crippen LogP contribution in [0.4, 0.5) is 0 Å². The molecule has 0 bridgehead atoms. The summed E-state index contributed by atoms with van der Waals surface area (Å²) in [6.07, 6.45) is 4.11. The molecule has 80 valence electrons. The van der Waals surface area contributed by atoms with E-state index in [2.05, 4.69) is 17.3 Å². The van der Waals surface area contributed by atoms with Gasteiger partial charge in [0.15, 0.2) is 0 Å². The van der Waals surface area contributed by atoms with Crippen LogP contribution in [0.5, 0.6) is 0 Å². The molecule has 0 aromatic heterocycles. The molecule has 0 aromatic carbocycles. The van der Waals surface area contributed by atoms with Gasteiger partial charge in [-0.3, -0.25) is 4.79 Å². The van der Waals surface area contributed by atoms with E-state index in [1.54, 1.807) is 0 Å². The number of piperidine rings is 1. The van der Waals surface area contributed by atoms with Gasteiger partial charge in [0.25, 0.3) is 0 Å². The number of carbonyl (C=O) groups excluding carboxylic acids is 1. The van der Waals surface area contributed by atoms with E-state index in [-0.39, 0.29) is 11.4 Å². The molecular weight excluding hydrogens is 178 g/mol. The predicted octanol–water partition coefficient (Wildman–Crippen LogP) is -0.312. The molecular formula is C10H19N3O. The number of amides is 1. The van der Waals surface area contributed by atoms with E-state index in [1.807, 2.05) is 0 Å². The van der Waals surface area contributed by atoms with E-state index in [9.17, 15) is 4.79 Å². The zero-order valence-electron chi connectivity index (χ0n) is 8.75. The molecule has 1 amide bonds. The minimum absolute atomic E-state index is 0.170. The van der Waals surface area contributed by atoms with Crippen molar-refractivity contribution >= 4 is 5.91 Å². The van der Waals surface area contributed by atoms with Gasteiger partial charge < -0.3 is 16.0 Å². The van der Waals surface area contributed by atoms with Gasteiger partial charge in [0.2, 0.25) is 5.91 Å². The van der Waals surface area contributed by atoms with Gasteiger partial charge in [-0.05, 0) is 45.8 Å². The largest absolute Gasteiger partial charge is 0.368 e. The number of primary amides is 1. The summed E-state index contributed by atoms with van der Waals surface area (Å²) in [7, 11) is 2.14. The molecule has 0 spiro atoms. The molecule has 1 aliphatic heterocycles. The molecule has 2 rings (SSSR count). The van der Waals surface area contributed by atoms with E-state index < -0.39 is 0 Å². The molecule has 1 saturated heterocycles. The number of hydrogen-bond donors (Lipinski definition) is 2. The first-order valence-electron chi connectivity index (χ1n) is 5.38. The summed E-state index contributed by atoms with van der Waals surface area (Å²) in [6, 6.07) is 0.487. The van der Waals surface area contributed by atoms with Crippen molar-refractivity contribution in [3.05, 3.63) is 0 Å². The quantitative estimate of drug-likeness (QED) is 0.652. The van der Waals surface area contributed by atoms with E-state index in [0.717, 1.165) is 38.8 Å². The first-order chi connectivity index (χ1) is 6.62. The van der Waals surface area contributed by atoms with Crippen LogP contribution in [0, 0.1) is 0 Å². The topological polar surface area (TPSA) is 58.4 Å². The molecule has 2 fully saturated rings. The molecule has 1 aliphatic carbocycles. The molecule has 0 aromatic rings. The van der Waals surface area contributed by atoms with E-state index in [4.69, 9.17) is 5.73 Å². The summed E-state index contributed by atoms with van der Waals surface area (Å²) in [5.74, 6) is -0.170. The number of rotatable bonds is 3. The number of nitrogens with two attached hydrogens (primary N) is 1. The van der Waals surface area contributed by atoms with Crippen LogP contribution in [0.3, 0.4) is 0 Å². The van der Waals surface area contributed by atoms with Gasteiger partial charge in [0.05, 0.1) is 5.54 Å². The molecule has 1 heterocycles. The Hall–Kier alpha value is -0.610. The Morgan fingerprint density at radius 3 is 2.43 bits per heavy atom. The lowest BCUT2D eigenvalue weighted by molar-refractivity contribution is -0.121. The molecule has 1 saturated carbocycles. The Morgan fingerprint density at radius 2 is 2.00 bits per heavy atom. The Labute approximate surface area is 84.8 Å². The van der Waals surface area contributed by atoms with Crippen LogP contribution < -0.4 is 11.1 Å². The number of likely N-dealkylation sites (tertiary alicyclic amines) is 1. The highest BCUT2D eigenvalue weighted by atomic mass is 16.1. The highest BCUT2D eigenvalue weighted by molar-refractivity contribution is 5.87. The fraction of sp³-hybridized carbons (Fsp3) is 0.900. The second-order valence-corrected chi connectivity index (χ2v) is 4.67. The smallest absolute Gasteiger partial charge is 0.237 e. The standard InChI is InChI=1S/C10H19N3O/c1-13-6-2-8(3-7-13)12-10(4-5-10)9(11)14/h8,12H,2-7H2,1H3,(H2,11,14). The summed E-state index contributed by atoms with van der Waals surface area (Å²) < 4.78 is 0. The number of carbonyl (C=O) groups is 1. The van der Waals surface area contributed by atoms with E-state index in [0.29, 0.717) is 6.04 Å². The van der Waals surface area contributed by atoms with Crippen molar-refractivity contribution in [3.8, 4) is 0 Å². The summed E-state index contributed by atoms with van der Waals surface area (Å²) >= 11 is 0. The lowest BCUT2D eigenvalue weighted by Crippen LogP contribution is -2.51. The minimum Gasteiger partial charge on any atom is -0.368 e. The van der Waals surface area contributed by atoms with E-state index in [1.165, 1.54) is 0 Å². The maximum atomic E-state index is 11.2. The zero-order valence-corrected chi connectivity index (χ0v) is 8.75. The molecule has 0 radical (unpaired) electrons. The second kappa shape index (κ2) is 3.51. The van der Waals surface area contributed by atoms with Crippen LogP contribution in [0.1, 0.15) is 25.7 Å². The lowest BCUT2D eigenvalue weighted by atomic mass is 10.0. The van der Waals surface area contributed by atoms with Crippen LogP contribution in [0.25, 0.3) is 0 Å². The highest BCUT2D eigenvalue weighted by Gasteiger charge is 2.49. The van der Waals surface area contributed by atoms with Gasteiger partial charge in [-0.15, -0.1) is 0 Å². The molecule has 2 aliphatic rings. The van der Waals surface area contributed by atoms with Crippen molar-refractivity contribution in [1.82, 2.24) is 10.2 Å². The van der Waals surface area contributed by atoms with Gasteiger partial charge >= 0.3 is 0 Å². The Morgan fingerprint density at radius 1 is 1.43 bits per heavy atom. The summed E-state index contributed by atoms with van der Waals surface area (Å²) in [4.78, 5) is 13.5. The Bertz CT molecular complexity index is 230. The first-order valence-corrected chi connectivity index (χ1v) is 5.38. The summed E-state index contributed by atoms with van der Waals surface area (Å²) in [6.45, 7) is 2.24. The maximum absolute atomic E-state index is 11.2. The van der Waals surface area contributed by atoms with Crippen LogP contribution in [-0.2, 0) is 4.79 Å². The number of nitrogens with zero attached hydrogens (tertiary/aromatic N) is 1. The van der Waals surface area contributed by atoms with Crippen molar-refractivity contribution in [3.63, 3.8) is 0 Å². The Kier molecular flexibility index (Phi) is 2.49. The SMILES string of the molecule is CN1CCC(NC2(C(N)=O)CC2)CC1. The number of nitrogens with one attached hydrogen (secondary N) is 1. The minimum atomic E-state index is -0.333. The maximum Gasteiger partial charge on any atom is 0.237 e. The van der Waals surface area contributed by atoms with Crippen LogP contribution in [0.15, 0.2) is 0 Å². The fourth-order valence-corrected chi connectivity index (χ4v) is 2.13. The second-order valence-electron chi connectivity index (χ2n) is 4.67. The molecule has 4 nitrogen and oxygen atoms in total. The third kappa shape index (κ3) is 1.91. The van der Waals surface area contributed by atoms with Crippen LogP contribution in [0.2, 0.25) is 0 Å². The average molecular weight is 197 g/mol. The summed E-state index contributed by atoms with van der Waals surface area (Å²) in [5, 5.41) is 3.43. The van der Waals surface area contributed by atoms with Crippen molar-refractivity contribution < 1.29 is 4.79 Å². The zero-order chi connectivity index (χ0) is 10.2. The predicted molar refractivity (Wildman–Crippen MR) is 54.8 cm³/mol. The van der Waals surface area contributed by atoms with Gasteiger partial charge in [-0.1, -0.05) is 0 Å². The van der Waals surface area contributed by atoms with Gasteiger partial charge in [0.1, 0.15) is 0 Å². The van der Waals surface area contributed by atoms with Gasteiger partial charge in [-0.25, -0.2) is 0 Å². The number of hydrogen-bond acceptors (Lipinski definition) is 3. The third-order valence-corrected chi connectivity index (χ3v) is 3.42. The van der Waals surface area contributed by atoms with Crippen molar-refractivity contribution in [2.45, 2.75) is 37.3 Å². The van der Waals surface area contributed by atoms with Crippen molar-refractivity contribution in [1.29, 1.82) is 0 Å². The normalized spacial score (nSPS) is 27.5. The lowest BCUT2D eigenvalue weighted by Gasteiger charge is -2.31. The molecule has 4 heteroatoms. The first kappa shape index (κ1) is 9.93. The summed E-state index contributed by atoms with van der Waals surface area (Å²) in [5.41, 5.74) is 5.03. The van der Waals surface area contributed by atoms with Crippen molar-refractivity contribution in [2.75, 3.05) is 20.1 Å². The van der Waals surface area contributed by atoms with Gasteiger partial charge in [-0.2, -0.15) is 0 Å². The van der Waals surface area contributed by atoms with Crippen LogP contribution in [-0.4, -0.2) is 42.5 Å². The van der Waals surface area contributed by atoms with E-state index >= 15 is 0 Å². The highest BCUT2D eigenvalue weighted by Crippen LogP contribution is 2.36. The Balaban J connectivity index is 1.83. The van der Waals surface area contributed by atoms with Crippen LogP contribution >= 0.6 is 0 Å². The third-order valence-electron chi connectivity index (χ3n) is 3.42. The average Bonchev–Trinajstić information content (AvgIpc) is 2.90. The monoisotopic (exact) mass is 197 g/mol. The van der Waals surface area contributed by atoms with Gasteiger partial charge in [0, 0.05) is 6.04 Å². The molecule has 3 N–H and O–H groups in total.